The molecule has 0 spiro atoms. The van der Waals surface area contributed by atoms with Gasteiger partial charge in [0.25, 0.3) is 0 Å². The molecule has 0 aliphatic rings. The van der Waals surface area contributed by atoms with Crippen LogP contribution in [0.15, 0.2) is 146 Å². The Balaban J connectivity index is 0.000000172. The minimum Gasteiger partial charge on any atom is -0.550 e. The number of hydrogen-bond donors (Lipinski definition) is 4. The molecule has 18 heteroatoms. The van der Waals surface area contributed by atoms with E-state index in [4.69, 9.17) is 0 Å². The summed E-state index contributed by atoms with van der Waals surface area (Å²) in [5.41, 5.74) is 8.63. The summed E-state index contributed by atoms with van der Waals surface area (Å²) in [6, 6.07) is 43.9. The largest absolute Gasteiger partial charge is 2.00 e. The van der Waals surface area contributed by atoms with E-state index in [1.54, 1.807) is 12.1 Å². The van der Waals surface area contributed by atoms with E-state index < -0.39 is 36.7 Å². The summed E-state index contributed by atoms with van der Waals surface area (Å²) >= 11 is 0. The van der Waals surface area contributed by atoms with Crippen LogP contribution in [0, 0.1) is 0 Å². The number of aromatic nitrogens is 8. The van der Waals surface area contributed by atoms with Crippen molar-refractivity contribution in [3.63, 3.8) is 0 Å². The fourth-order valence-corrected chi connectivity index (χ4v) is 7.03. The molecule has 0 aliphatic carbocycles. The Labute approximate surface area is 428 Å². The number of nitrogens with zero attached hydrogens (tertiary/aromatic N) is 4. The molecule has 0 radical (unpaired) electrons. The van der Waals surface area contributed by atoms with E-state index in [9.17, 15) is 39.6 Å². The molecule has 4 N–H and O–H groups in total. The molecule has 0 aliphatic heterocycles. The van der Waals surface area contributed by atoms with Gasteiger partial charge in [-0.1, -0.05) is 97.1 Å². The van der Waals surface area contributed by atoms with E-state index in [2.05, 4.69) is 39.9 Å². The van der Waals surface area contributed by atoms with Crippen molar-refractivity contribution in [1.29, 1.82) is 0 Å². The molecule has 0 atom stereocenters. The van der Waals surface area contributed by atoms with Gasteiger partial charge >= 0.3 is 54.6 Å². The third kappa shape index (κ3) is 14.5. The topological polar surface area (TPSA) is 275 Å². The number of imidazole rings is 4. The van der Waals surface area contributed by atoms with Gasteiger partial charge in [0.15, 0.2) is 0 Å². The summed E-state index contributed by atoms with van der Waals surface area (Å²) in [6.45, 7) is 0. The van der Waals surface area contributed by atoms with Crippen LogP contribution in [0.5, 0.6) is 0 Å². The van der Waals surface area contributed by atoms with Crippen molar-refractivity contribution in [3.8, 4) is 0 Å². The molecule has 10 rings (SSSR count). The van der Waals surface area contributed by atoms with Gasteiger partial charge in [-0.2, -0.15) is 0 Å². The van der Waals surface area contributed by atoms with Crippen molar-refractivity contribution in [3.05, 3.63) is 191 Å². The molecule has 4 aromatic heterocycles. The number of nitrogens with one attached hydrogen (secondary N) is 4. The molecule has 68 heavy (non-hydrogen) atoms. The predicted octanol–water partition coefficient (Wildman–Crippen LogP) is 3.13. The van der Waals surface area contributed by atoms with E-state index >= 15 is 0 Å². The van der Waals surface area contributed by atoms with Gasteiger partial charge in [0.2, 0.25) is 0 Å². The number of carbonyl (C=O) groups excluding carboxylic acids is 4. The van der Waals surface area contributed by atoms with Crippen LogP contribution in [0.1, 0.15) is 55.1 Å². The standard InChI is InChI=1S/2C16H14N4.2C9H8O4.2Cd/c2*1-2-6-12-11(5-1)17-15(18-12)9-10-16-19-13-7-3-4-8-14(13)20-16;2*10-8(11)5-6-3-1-2-4-7(6)9(12)13;;/h2*1-8H,9-10H2,(H,17,18)(H,19,20);2*1-4H,5H2,(H,10,11)(H,12,13);;/q;;;;2*+2/p-4. The average Bonchev–Trinajstić information content (AvgIpc) is 4.12. The molecule has 0 saturated carbocycles. The third-order valence-corrected chi connectivity index (χ3v) is 10.1. The zero-order valence-corrected chi connectivity index (χ0v) is 44.6. The second kappa shape index (κ2) is 25.2. The Morgan fingerprint density at radius 3 is 0.824 bits per heavy atom. The van der Waals surface area contributed by atoms with Crippen LogP contribution in [0.4, 0.5) is 0 Å². The van der Waals surface area contributed by atoms with Gasteiger partial charge in [0.05, 0.1) is 56.1 Å². The van der Waals surface area contributed by atoms with E-state index in [1.807, 2.05) is 97.1 Å². The fraction of sp³-hybridized carbons (Fsp3) is 0.120. The quantitative estimate of drug-likeness (QED) is 0.129. The number of carbonyl (C=O) groups is 4. The van der Waals surface area contributed by atoms with Crippen LogP contribution in [0.2, 0.25) is 0 Å². The first-order chi connectivity index (χ1) is 32.0. The van der Waals surface area contributed by atoms with Crippen molar-refractivity contribution in [1.82, 2.24) is 39.9 Å². The Hall–Kier alpha value is -7.08. The molecular formula is C50H40Cd2N8O8. The molecule has 10 aromatic rings. The number of fused-ring (bicyclic) bond motifs is 4. The molecule has 16 nitrogen and oxygen atoms in total. The Bertz CT molecular complexity index is 2790. The Kier molecular flexibility index (Phi) is 19.2. The van der Waals surface area contributed by atoms with Crippen LogP contribution in [-0.2, 0) is 103 Å². The van der Waals surface area contributed by atoms with Gasteiger partial charge in [0, 0.05) is 61.6 Å². The van der Waals surface area contributed by atoms with Crippen molar-refractivity contribution in [2.24, 2.45) is 0 Å². The molecule has 4 heterocycles. The molecule has 0 saturated heterocycles. The normalized spacial score (nSPS) is 10.4. The number of rotatable bonds is 12. The first-order valence-corrected chi connectivity index (χ1v) is 20.7. The molecule has 0 fully saturated rings. The molecule has 6 aromatic carbocycles. The Morgan fingerprint density at radius 2 is 0.588 bits per heavy atom. The first-order valence-electron chi connectivity index (χ1n) is 20.7. The van der Waals surface area contributed by atoms with Crippen LogP contribution in [-0.4, -0.2) is 63.7 Å². The minimum atomic E-state index is -1.38. The SMILES string of the molecule is O=C([O-])Cc1ccccc1C(=O)[O-].O=C([O-])Cc1ccccc1C(=O)[O-].[Cd+2].[Cd+2].c1ccc2[nH]c(CCc3nc4ccccc4[nH]3)nc2c1.c1ccc2[nH]c(CCc3nc4ccccc4[nH]3)nc2c1. The molecule has 332 valence electrons. The van der Waals surface area contributed by atoms with Gasteiger partial charge in [-0.15, -0.1) is 0 Å². The van der Waals surface area contributed by atoms with Gasteiger partial charge in [-0.25, -0.2) is 19.9 Å². The summed E-state index contributed by atoms with van der Waals surface area (Å²) < 4.78 is 0. The van der Waals surface area contributed by atoms with E-state index in [0.29, 0.717) is 0 Å². The minimum absolute atomic E-state index is 0. The van der Waals surface area contributed by atoms with Crippen molar-refractivity contribution >= 4 is 68.0 Å². The summed E-state index contributed by atoms with van der Waals surface area (Å²) in [7, 11) is 0. The zero-order chi connectivity index (χ0) is 46.4. The summed E-state index contributed by atoms with van der Waals surface area (Å²) in [6.07, 6.45) is 2.60. The van der Waals surface area contributed by atoms with Crippen LogP contribution < -0.4 is 20.4 Å². The van der Waals surface area contributed by atoms with Gasteiger partial charge in [0.1, 0.15) is 23.3 Å². The second-order valence-corrected chi connectivity index (χ2v) is 14.8. The number of H-pyrrole nitrogens is 4. The summed E-state index contributed by atoms with van der Waals surface area (Å²) in [5, 5.41) is 41.4. The maximum atomic E-state index is 10.5. The van der Waals surface area contributed by atoms with Crippen molar-refractivity contribution in [2.45, 2.75) is 38.5 Å². The number of carboxylic acids is 4. The number of hydrogen-bond acceptors (Lipinski definition) is 12. The second-order valence-electron chi connectivity index (χ2n) is 14.8. The smallest absolute Gasteiger partial charge is 0.550 e. The predicted molar refractivity (Wildman–Crippen MR) is 238 cm³/mol. The van der Waals surface area contributed by atoms with Crippen LogP contribution in [0.25, 0.3) is 44.1 Å². The summed E-state index contributed by atoms with van der Waals surface area (Å²) in [4.78, 5) is 73.1. The van der Waals surface area contributed by atoms with Crippen molar-refractivity contribution < 1.29 is 94.2 Å². The third-order valence-electron chi connectivity index (χ3n) is 10.1. The molecular weight excluding hydrogens is 1070 g/mol. The zero-order valence-electron chi connectivity index (χ0n) is 36.6. The number of aromatic carboxylic acids is 2. The van der Waals surface area contributed by atoms with E-state index in [0.717, 1.165) is 93.1 Å². The van der Waals surface area contributed by atoms with Crippen molar-refractivity contribution in [2.75, 3.05) is 0 Å². The number of benzene rings is 6. The van der Waals surface area contributed by atoms with E-state index in [-0.39, 0.29) is 76.9 Å². The molecule has 0 unspecified atom stereocenters. The summed E-state index contributed by atoms with van der Waals surface area (Å²) in [5.74, 6) is -1.35. The van der Waals surface area contributed by atoms with E-state index in [1.165, 1.54) is 36.4 Å². The number of aryl methyl sites for hydroxylation is 4. The maximum absolute atomic E-state index is 10.5. The average molecular weight is 1110 g/mol. The van der Waals surface area contributed by atoms with Crippen LogP contribution in [0.3, 0.4) is 0 Å². The number of carboxylic acid groups (broad SMARTS) is 4. The number of aromatic amines is 4. The van der Waals surface area contributed by atoms with Crippen LogP contribution >= 0.6 is 0 Å². The monoisotopic (exact) mass is 1110 g/mol. The van der Waals surface area contributed by atoms with Gasteiger partial charge in [-0.05, 0) is 59.7 Å². The Morgan fingerprint density at radius 1 is 0.353 bits per heavy atom. The molecule has 0 bridgehead atoms. The maximum Gasteiger partial charge on any atom is 2.00 e. The van der Waals surface area contributed by atoms with Gasteiger partial charge in [-0.3, -0.25) is 0 Å². The molecule has 0 amide bonds. The number of aliphatic carboxylic acids is 2. The van der Waals surface area contributed by atoms with Gasteiger partial charge < -0.3 is 59.5 Å². The fourth-order valence-electron chi connectivity index (χ4n) is 7.03. The number of para-hydroxylation sites is 8. The first kappa shape index (κ1) is 51.9.